The minimum Gasteiger partial charge on any atom is -0.343 e. The summed E-state index contributed by atoms with van der Waals surface area (Å²) in [6.07, 6.45) is 8.63. The first-order valence-corrected chi connectivity index (χ1v) is 18.8. The highest BCUT2D eigenvalue weighted by Crippen LogP contribution is 2.39. The zero-order valence-corrected chi connectivity index (χ0v) is 30.8. The molecule has 2 atom stereocenters. The van der Waals surface area contributed by atoms with E-state index in [4.69, 9.17) is 16.6 Å². The minimum absolute atomic E-state index is 0.147. The van der Waals surface area contributed by atoms with Crippen molar-refractivity contribution in [2.75, 3.05) is 45.8 Å². The lowest BCUT2D eigenvalue weighted by atomic mass is 9.90. The SMILES string of the molecule is CC.CC(=O)N1CCC(CC(=O)N2CCN(C3CCN(C4c5ccc(Cl)cc5CCc5cc(Br)cnc54)CC3)CC2C(C)C)CC1. The molecule has 0 bridgehead atoms. The molecule has 2 amide bonds. The number of hydrogen-bond acceptors (Lipinski definition) is 5. The smallest absolute Gasteiger partial charge is 0.223 e. The second-order valence-corrected chi connectivity index (χ2v) is 15.1. The third-order valence-electron chi connectivity index (χ3n) is 10.7. The number of aromatic nitrogens is 1. The molecule has 3 fully saturated rings. The van der Waals surface area contributed by atoms with Crippen LogP contribution in [0.15, 0.2) is 34.9 Å². The van der Waals surface area contributed by atoms with Crippen molar-refractivity contribution in [1.29, 1.82) is 0 Å². The number of carbonyl (C=O) groups is 2. The van der Waals surface area contributed by atoms with Gasteiger partial charge in [0.25, 0.3) is 0 Å². The second kappa shape index (κ2) is 15.9. The van der Waals surface area contributed by atoms with Crippen LogP contribution in [-0.4, -0.2) is 94.3 Å². The minimum atomic E-state index is 0.147. The summed E-state index contributed by atoms with van der Waals surface area (Å²) in [7, 11) is 0. The molecule has 4 heterocycles. The lowest BCUT2D eigenvalue weighted by Crippen LogP contribution is -2.60. The van der Waals surface area contributed by atoms with Crippen LogP contribution < -0.4 is 0 Å². The normalized spacial score (nSPS) is 23.3. The number of carbonyl (C=O) groups excluding carboxylic acids is 2. The molecular formula is C37H53BrClN5O2. The maximum Gasteiger partial charge on any atom is 0.223 e. The highest BCUT2D eigenvalue weighted by molar-refractivity contribution is 9.10. The first-order valence-electron chi connectivity index (χ1n) is 17.6. The van der Waals surface area contributed by atoms with Crippen LogP contribution >= 0.6 is 27.5 Å². The van der Waals surface area contributed by atoms with Gasteiger partial charge in [-0.2, -0.15) is 0 Å². The summed E-state index contributed by atoms with van der Waals surface area (Å²) in [5, 5.41) is 0.803. The van der Waals surface area contributed by atoms with Crippen LogP contribution in [0.1, 0.15) is 95.1 Å². The Morgan fingerprint density at radius 3 is 2.30 bits per heavy atom. The van der Waals surface area contributed by atoms with Crippen molar-refractivity contribution in [2.45, 2.75) is 97.7 Å². The van der Waals surface area contributed by atoms with Gasteiger partial charge in [0.2, 0.25) is 11.8 Å². The Labute approximate surface area is 290 Å². The molecule has 0 N–H and O–H groups in total. The van der Waals surface area contributed by atoms with Gasteiger partial charge in [0.15, 0.2) is 0 Å². The first kappa shape index (κ1) is 35.3. The van der Waals surface area contributed by atoms with E-state index in [9.17, 15) is 9.59 Å². The van der Waals surface area contributed by atoms with Gasteiger partial charge in [-0.1, -0.05) is 45.4 Å². The Morgan fingerprint density at radius 2 is 1.63 bits per heavy atom. The average molecular weight is 715 g/mol. The van der Waals surface area contributed by atoms with Gasteiger partial charge in [0.1, 0.15) is 0 Å². The maximum absolute atomic E-state index is 13.6. The average Bonchev–Trinajstić information content (AvgIpc) is 3.21. The Hall–Kier alpha value is -2.00. The molecule has 9 heteroatoms. The van der Waals surface area contributed by atoms with E-state index >= 15 is 0 Å². The standard InChI is InChI=1S/C35H47BrClN5O2.C2H6/c1-23(2)32-22-41(16-17-42(32)33(44)18-25-8-12-39(13-9-25)24(3)43)30-10-14-40(15-11-30)35-31-7-6-29(37)20-26(31)4-5-27-19-28(36)21-38-34(27)35;1-2/h6-7,19-21,23,25,30,32,35H,4-5,8-18,22H2,1-3H3;1-2H3. The molecule has 0 saturated carbocycles. The van der Waals surface area contributed by atoms with E-state index in [-0.39, 0.29) is 18.0 Å². The monoisotopic (exact) mass is 713 g/mol. The summed E-state index contributed by atoms with van der Waals surface area (Å²) >= 11 is 10.1. The zero-order valence-electron chi connectivity index (χ0n) is 28.5. The molecule has 3 aliphatic heterocycles. The summed E-state index contributed by atoms with van der Waals surface area (Å²) in [4.78, 5) is 39.7. The van der Waals surface area contributed by atoms with Crippen LogP contribution in [0.25, 0.3) is 0 Å². The predicted molar refractivity (Wildman–Crippen MR) is 190 cm³/mol. The summed E-state index contributed by atoms with van der Waals surface area (Å²) in [5.41, 5.74) is 5.19. The Balaban J connectivity index is 0.00000204. The Kier molecular flexibility index (Phi) is 12.2. The van der Waals surface area contributed by atoms with Gasteiger partial charge in [-0.3, -0.25) is 24.4 Å². The van der Waals surface area contributed by atoms with Crippen LogP contribution in [0.2, 0.25) is 5.02 Å². The topological polar surface area (TPSA) is 60.0 Å². The molecule has 252 valence electrons. The Morgan fingerprint density at radius 1 is 0.935 bits per heavy atom. The van der Waals surface area contributed by atoms with Gasteiger partial charge in [-0.05, 0) is 101 Å². The van der Waals surface area contributed by atoms with Gasteiger partial charge in [0.05, 0.1) is 11.7 Å². The van der Waals surface area contributed by atoms with E-state index in [1.54, 1.807) is 6.92 Å². The molecule has 1 aromatic heterocycles. The molecular weight excluding hydrogens is 662 g/mol. The number of halogens is 2. The van der Waals surface area contributed by atoms with Crippen LogP contribution in [0.5, 0.6) is 0 Å². The van der Waals surface area contributed by atoms with Gasteiger partial charge < -0.3 is 9.80 Å². The van der Waals surface area contributed by atoms with E-state index in [0.717, 1.165) is 93.8 Å². The van der Waals surface area contributed by atoms with Crippen LogP contribution in [-0.2, 0) is 22.4 Å². The van der Waals surface area contributed by atoms with E-state index in [2.05, 4.69) is 62.7 Å². The van der Waals surface area contributed by atoms with Crippen molar-refractivity contribution in [3.05, 3.63) is 62.3 Å². The molecule has 1 aliphatic carbocycles. The molecule has 0 spiro atoms. The number of rotatable bonds is 5. The summed E-state index contributed by atoms with van der Waals surface area (Å²) in [6, 6.07) is 9.59. The van der Waals surface area contributed by atoms with E-state index in [1.807, 2.05) is 31.0 Å². The van der Waals surface area contributed by atoms with Crippen molar-refractivity contribution in [1.82, 2.24) is 24.6 Å². The molecule has 46 heavy (non-hydrogen) atoms. The molecule has 6 rings (SSSR count). The molecule has 0 radical (unpaired) electrons. The highest BCUT2D eigenvalue weighted by Gasteiger charge is 2.39. The van der Waals surface area contributed by atoms with E-state index in [0.29, 0.717) is 30.2 Å². The van der Waals surface area contributed by atoms with Crippen LogP contribution in [0.4, 0.5) is 0 Å². The number of fused-ring (bicyclic) bond motifs is 2. The largest absolute Gasteiger partial charge is 0.343 e. The van der Waals surface area contributed by atoms with Crippen molar-refractivity contribution in [2.24, 2.45) is 11.8 Å². The fraction of sp³-hybridized carbons (Fsp3) is 0.649. The number of nitrogens with zero attached hydrogens (tertiary/aromatic N) is 5. The molecule has 1 aromatic carbocycles. The summed E-state index contributed by atoms with van der Waals surface area (Å²) < 4.78 is 1.04. The van der Waals surface area contributed by atoms with E-state index < -0.39 is 0 Å². The number of piperazine rings is 1. The molecule has 2 aromatic rings. The predicted octanol–water partition coefficient (Wildman–Crippen LogP) is 6.99. The lowest BCUT2D eigenvalue weighted by Gasteiger charge is -2.48. The van der Waals surface area contributed by atoms with Crippen molar-refractivity contribution >= 4 is 39.3 Å². The Bertz CT molecular complexity index is 1300. The fourth-order valence-electron chi connectivity index (χ4n) is 8.15. The zero-order chi connectivity index (χ0) is 33.0. The molecule has 7 nitrogen and oxygen atoms in total. The van der Waals surface area contributed by atoms with Gasteiger partial charge in [0, 0.05) is 86.9 Å². The number of benzene rings is 1. The molecule has 3 saturated heterocycles. The maximum atomic E-state index is 13.6. The highest BCUT2D eigenvalue weighted by atomic mass is 79.9. The van der Waals surface area contributed by atoms with Crippen molar-refractivity contribution < 1.29 is 9.59 Å². The van der Waals surface area contributed by atoms with Crippen LogP contribution in [0, 0.1) is 11.8 Å². The van der Waals surface area contributed by atoms with Crippen LogP contribution in [0.3, 0.4) is 0 Å². The number of aryl methyl sites for hydroxylation is 2. The number of pyridine rings is 1. The summed E-state index contributed by atoms with van der Waals surface area (Å²) in [6.45, 7) is 16.5. The fourth-order valence-corrected chi connectivity index (χ4v) is 8.72. The van der Waals surface area contributed by atoms with E-state index in [1.165, 1.54) is 22.4 Å². The van der Waals surface area contributed by atoms with Gasteiger partial charge in [-0.25, -0.2) is 0 Å². The quantitative estimate of drug-likeness (QED) is 0.334. The lowest BCUT2D eigenvalue weighted by molar-refractivity contribution is -0.140. The second-order valence-electron chi connectivity index (χ2n) is 13.8. The number of hydrogen-bond donors (Lipinski definition) is 0. The summed E-state index contributed by atoms with van der Waals surface area (Å²) in [5.74, 6) is 1.26. The number of likely N-dealkylation sites (tertiary alicyclic amines) is 2. The number of amides is 2. The molecule has 2 unspecified atom stereocenters. The van der Waals surface area contributed by atoms with Crippen molar-refractivity contribution in [3.63, 3.8) is 0 Å². The first-order chi connectivity index (χ1) is 22.2. The third kappa shape index (κ3) is 7.99. The van der Waals surface area contributed by atoms with Gasteiger partial charge in [-0.15, -0.1) is 0 Å². The van der Waals surface area contributed by atoms with Crippen molar-refractivity contribution in [3.8, 4) is 0 Å². The van der Waals surface area contributed by atoms with Gasteiger partial charge >= 0.3 is 0 Å². The molecule has 4 aliphatic rings. The third-order valence-corrected chi connectivity index (χ3v) is 11.4. The number of piperidine rings is 2.